The molecule has 1 rings (SSSR count). The molecule has 0 bridgehead atoms. The largest absolute Gasteiger partial charge is 0.333 e. The number of hydrogen-bond acceptors (Lipinski definition) is 1. The quantitative estimate of drug-likeness (QED) is 0.538. The summed E-state index contributed by atoms with van der Waals surface area (Å²) < 4.78 is 0. The standard InChI is InChI=1S/C9H18.CH5N/c1-8-4-3-5-9(2)7-6-8;1-2/h8-9H,3-7H2,1-2H3;2H2,1H3. The Morgan fingerprint density at radius 3 is 1.55 bits per heavy atom. The summed E-state index contributed by atoms with van der Waals surface area (Å²) in [6, 6.07) is 0. The van der Waals surface area contributed by atoms with E-state index in [-0.39, 0.29) is 0 Å². The van der Waals surface area contributed by atoms with Crippen molar-refractivity contribution in [3.8, 4) is 0 Å². The van der Waals surface area contributed by atoms with E-state index in [9.17, 15) is 0 Å². The van der Waals surface area contributed by atoms with Gasteiger partial charge in [0.25, 0.3) is 0 Å². The third-order valence-electron chi connectivity index (χ3n) is 2.55. The van der Waals surface area contributed by atoms with Crippen LogP contribution in [0.4, 0.5) is 0 Å². The smallest absolute Gasteiger partial charge is 0.0195 e. The average molecular weight is 157 g/mol. The predicted molar refractivity (Wildman–Crippen MR) is 51.5 cm³/mol. The van der Waals surface area contributed by atoms with Crippen molar-refractivity contribution < 1.29 is 0 Å². The van der Waals surface area contributed by atoms with Crippen LogP contribution in [-0.4, -0.2) is 7.05 Å². The first kappa shape index (κ1) is 11.0. The molecular weight excluding hydrogens is 134 g/mol. The van der Waals surface area contributed by atoms with Gasteiger partial charge < -0.3 is 5.73 Å². The van der Waals surface area contributed by atoms with Gasteiger partial charge in [0.2, 0.25) is 0 Å². The molecular formula is C10H23N. The molecule has 0 spiro atoms. The number of nitrogens with two attached hydrogens (primary N) is 1. The molecule has 2 atom stereocenters. The summed E-state index contributed by atoms with van der Waals surface area (Å²) in [5.41, 5.74) is 4.50. The van der Waals surface area contributed by atoms with Crippen molar-refractivity contribution in [2.24, 2.45) is 17.6 Å². The van der Waals surface area contributed by atoms with E-state index in [4.69, 9.17) is 0 Å². The van der Waals surface area contributed by atoms with Crippen LogP contribution in [0.2, 0.25) is 0 Å². The van der Waals surface area contributed by atoms with Gasteiger partial charge in [-0.05, 0) is 18.9 Å². The fraction of sp³-hybridized carbons (Fsp3) is 1.00. The van der Waals surface area contributed by atoms with Crippen LogP contribution >= 0.6 is 0 Å². The highest BCUT2D eigenvalue weighted by Gasteiger charge is 2.11. The zero-order valence-corrected chi connectivity index (χ0v) is 8.27. The summed E-state index contributed by atoms with van der Waals surface area (Å²) in [5, 5.41) is 0. The lowest BCUT2D eigenvalue weighted by atomic mass is 10.0. The first-order valence-electron chi connectivity index (χ1n) is 4.87. The van der Waals surface area contributed by atoms with Crippen LogP contribution in [-0.2, 0) is 0 Å². The second-order valence-corrected chi connectivity index (χ2v) is 3.72. The van der Waals surface area contributed by atoms with E-state index < -0.39 is 0 Å². The Labute approximate surface area is 71.4 Å². The van der Waals surface area contributed by atoms with E-state index >= 15 is 0 Å². The van der Waals surface area contributed by atoms with Gasteiger partial charge in [-0.25, -0.2) is 0 Å². The van der Waals surface area contributed by atoms with Gasteiger partial charge in [-0.1, -0.05) is 46.0 Å². The maximum Gasteiger partial charge on any atom is -0.0195 e. The molecule has 0 radical (unpaired) electrons. The third kappa shape index (κ3) is 5.25. The van der Waals surface area contributed by atoms with Crippen molar-refractivity contribution >= 4 is 0 Å². The van der Waals surface area contributed by atoms with Crippen LogP contribution in [0.25, 0.3) is 0 Å². The van der Waals surface area contributed by atoms with Gasteiger partial charge >= 0.3 is 0 Å². The molecule has 2 unspecified atom stereocenters. The van der Waals surface area contributed by atoms with Crippen molar-refractivity contribution in [3.63, 3.8) is 0 Å². The normalized spacial score (nSPS) is 31.6. The SMILES string of the molecule is CC1CCCC(C)CC1.CN. The van der Waals surface area contributed by atoms with Gasteiger partial charge in [0.1, 0.15) is 0 Å². The maximum atomic E-state index is 4.50. The molecule has 0 aromatic heterocycles. The van der Waals surface area contributed by atoms with Gasteiger partial charge in [-0.3, -0.25) is 0 Å². The molecule has 11 heavy (non-hydrogen) atoms. The molecule has 1 saturated carbocycles. The van der Waals surface area contributed by atoms with Crippen LogP contribution < -0.4 is 5.73 Å². The highest BCUT2D eigenvalue weighted by atomic mass is 14.4. The molecule has 1 fully saturated rings. The molecule has 0 aromatic rings. The predicted octanol–water partition coefficient (Wildman–Crippen LogP) is 2.80. The molecule has 0 saturated heterocycles. The van der Waals surface area contributed by atoms with Crippen LogP contribution in [0.5, 0.6) is 0 Å². The highest BCUT2D eigenvalue weighted by molar-refractivity contribution is 4.64. The van der Waals surface area contributed by atoms with Crippen molar-refractivity contribution in [2.75, 3.05) is 7.05 Å². The van der Waals surface area contributed by atoms with Crippen molar-refractivity contribution in [1.82, 2.24) is 0 Å². The molecule has 0 amide bonds. The van der Waals surface area contributed by atoms with Gasteiger partial charge in [0.15, 0.2) is 0 Å². The molecule has 1 heteroatoms. The van der Waals surface area contributed by atoms with Gasteiger partial charge in [-0.15, -0.1) is 0 Å². The second-order valence-electron chi connectivity index (χ2n) is 3.72. The highest BCUT2D eigenvalue weighted by Crippen LogP contribution is 2.25. The summed E-state index contributed by atoms with van der Waals surface area (Å²) in [7, 11) is 1.50. The van der Waals surface area contributed by atoms with E-state index in [1.54, 1.807) is 0 Å². The van der Waals surface area contributed by atoms with E-state index in [2.05, 4.69) is 19.6 Å². The molecule has 0 aliphatic heterocycles. The van der Waals surface area contributed by atoms with Crippen LogP contribution in [0.1, 0.15) is 46.0 Å². The zero-order chi connectivity index (χ0) is 8.69. The Kier molecular flexibility index (Phi) is 6.63. The Hall–Kier alpha value is -0.0400. The summed E-state index contributed by atoms with van der Waals surface area (Å²) in [6.45, 7) is 4.77. The minimum atomic E-state index is 1.01. The Bertz CT molecular complexity index is 70.9. The van der Waals surface area contributed by atoms with Crippen LogP contribution in [0.3, 0.4) is 0 Å². The molecule has 1 aliphatic carbocycles. The first-order valence-corrected chi connectivity index (χ1v) is 4.87. The molecule has 68 valence electrons. The topological polar surface area (TPSA) is 26.0 Å². The Morgan fingerprint density at radius 1 is 0.818 bits per heavy atom. The van der Waals surface area contributed by atoms with E-state index in [0.717, 1.165) is 11.8 Å². The number of rotatable bonds is 0. The monoisotopic (exact) mass is 157 g/mol. The Morgan fingerprint density at radius 2 is 1.18 bits per heavy atom. The van der Waals surface area contributed by atoms with Crippen LogP contribution in [0.15, 0.2) is 0 Å². The summed E-state index contributed by atoms with van der Waals surface area (Å²) in [4.78, 5) is 0. The summed E-state index contributed by atoms with van der Waals surface area (Å²) in [6.07, 6.45) is 7.37. The lowest BCUT2D eigenvalue weighted by molar-refractivity contribution is 0.476. The first-order chi connectivity index (χ1) is 5.29. The lowest BCUT2D eigenvalue weighted by Gasteiger charge is -2.05. The minimum absolute atomic E-state index is 1.01. The van der Waals surface area contributed by atoms with Gasteiger partial charge in [0.05, 0.1) is 0 Å². The summed E-state index contributed by atoms with van der Waals surface area (Å²) in [5.74, 6) is 2.02. The lowest BCUT2D eigenvalue weighted by Crippen LogP contribution is -1.91. The number of hydrogen-bond donors (Lipinski definition) is 1. The molecule has 1 aliphatic rings. The second kappa shape index (κ2) is 6.66. The van der Waals surface area contributed by atoms with E-state index in [1.807, 2.05) is 0 Å². The Balaban J connectivity index is 0.000000461. The molecule has 1 nitrogen and oxygen atoms in total. The minimum Gasteiger partial charge on any atom is -0.333 e. The molecule has 0 heterocycles. The summed E-state index contributed by atoms with van der Waals surface area (Å²) >= 11 is 0. The van der Waals surface area contributed by atoms with Crippen LogP contribution in [0, 0.1) is 11.8 Å². The van der Waals surface area contributed by atoms with Crippen molar-refractivity contribution in [3.05, 3.63) is 0 Å². The van der Waals surface area contributed by atoms with Crippen molar-refractivity contribution in [2.45, 2.75) is 46.0 Å². The molecule has 2 N–H and O–H groups in total. The third-order valence-corrected chi connectivity index (χ3v) is 2.55. The van der Waals surface area contributed by atoms with Gasteiger partial charge in [0, 0.05) is 0 Å². The van der Waals surface area contributed by atoms with Crippen molar-refractivity contribution in [1.29, 1.82) is 0 Å². The maximum absolute atomic E-state index is 4.50. The van der Waals surface area contributed by atoms with E-state index in [1.165, 1.54) is 39.2 Å². The van der Waals surface area contributed by atoms with Gasteiger partial charge in [-0.2, -0.15) is 0 Å². The average Bonchev–Trinajstić information content (AvgIpc) is 2.20. The van der Waals surface area contributed by atoms with E-state index in [0.29, 0.717) is 0 Å². The zero-order valence-electron chi connectivity index (χ0n) is 8.27. The molecule has 0 aromatic carbocycles. The fourth-order valence-corrected chi connectivity index (χ4v) is 1.67. The fourth-order valence-electron chi connectivity index (χ4n) is 1.67.